The van der Waals surface area contributed by atoms with Crippen molar-refractivity contribution in [1.82, 2.24) is 4.98 Å². The number of aromatic amines is 1. The van der Waals surface area contributed by atoms with Gasteiger partial charge in [-0.05, 0) is 5.56 Å². The molecule has 0 spiro atoms. The molecule has 0 unspecified atom stereocenters. The van der Waals surface area contributed by atoms with Crippen molar-refractivity contribution in [3.8, 4) is 6.07 Å². The average molecular weight is 213 g/mol. The summed E-state index contributed by atoms with van der Waals surface area (Å²) in [5, 5.41) is 8.44. The number of nitriles is 1. The SMILES string of the molecule is N#CCc1c[nH]c(=O)c(CN)c1C(F)F. The van der Waals surface area contributed by atoms with Crippen molar-refractivity contribution >= 4 is 0 Å². The molecular formula is C9H9F2N3O. The molecule has 0 aliphatic heterocycles. The van der Waals surface area contributed by atoms with E-state index in [1.165, 1.54) is 0 Å². The van der Waals surface area contributed by atoms with Gasteiger partial charge in [-0.25, -0.2) is 8.78 Å². The van der Waals surface area contributed by atoms with Crippen molar-refractivity contribution in [3.63, 3.8) is 0 Å². The number of hydrogen-bond donors (Lipinski definition) is 2. The van der Waals surface area contributed by atoms with Crippen LogP contribution in [0.3, 0.4) is 0 Å². The Labute approximate surface area is 84.3 Å². The first-order valence-electron chi connectivity index (χ1n) is 4.20. The first-order chi connectivity index (χ1) is 7.11. The Hall–Kier alpha value is -1.74. The van der Waals surface area contributed by atoms with Crippen LogP contribution in [-0.2, 0) is 13.0 Å². The van der Waals surface area contributed by atoms with Gasteiger partial charge in [0.15, 0.2) is 0 Å². The van der Waals surface area contributed by atoms with Gasteiger partial charge in [0.2, 0.25) is 0 Å². The van der Waals surface area contributed by atoms with Gasteiger partial charge >= 0.3 is 0 Å². The molecule has 3 N–H and O–H groups in total. The van der Waals surface area contributed by atoms with Gasteiger partial charge in [-0.1, -0.05) is 0 Å². The highest BCUT2D eigenvalue weighted by Gasteiger charge is 2.19. The fourth-order valence-electron chi connectivity index (χ4n) is 1.34. The van der Waals surface area contributed by atoms with Crippen LogP contribution in [0.1, 0.15) is 23.1 Å². The molecule has 1 rings (SSSR count). The number of rotatable bonds is 3. The second-order valence-corrected chi connectivity index (χ2v) is 2.87. The maximum atomic E-state index is 12.7. The van der Waals surface area contributed by atoms with Crippen LogP contribution in [0.2, 0.25) is 0 Å². The Morgan fingerprint density at radius 2 is 2.27 bits per heavy atom. The van der Waals surface area contributed by atoms with Crippen LogP contribution in [-0.4, -0.2) is 4.98 Å². The van der Waals surface area contributed by atoms with Crippen molar-refractivity contribution in [2.45, 2.75) is 19.4 Å². The van der Waals surface area contributed by atoms with E-state index in [0.29, 0.717) is 0 Å². The summed E-state index contributed by atoms with van der Waals surface area (Å²) < 4.78 is 25.3. The van der Waals surface area contributed by atoms with E-state index in [2.05, 4.69) is 4.98 Å². The molecule has 0 saturated carbocycles. The first kappa shape index (κ1) is 11.3. The summed E-state index contributed by atoms with van der Waals surface area (Å²) in [6.07, 6.45) is -1.84. The molecule has 0 bridgehead atoms. The summed E-state index contributed by atoms with van der Waals surface area (Å²) in [5.41, 5.74) is 4.14. The summed E-state index contributed by atoms with van der Waals surface area (Å²) in [6, 6.07) is 1.75. The van der Waals surface area contributed by atoms with E-state index in [4.69, 9.17) is 11.0 Å². The Balaban J connectivity index is 3.43. The first-order valence-corrected chi connectivity index (χ1v) is 4.20. The zero-order valence-electron chi connectivity index (χ0n) is 7.76. The van der Waals surface area contributed by atoms with Crippen LogP contribution in [0, 0.1) is 11.3 Å². The monoisotopic (exact) mass is 213 g/mol. The van der Waals surface area contributed by atoms with E-state index in [1.54, 1.807) is 6.07 Å². The maximum Gasteiger partial charge on any atom is 0.264 e. The molecule has 6 heteroatoms. The van der Waals surface area contributed by atoms with E-state index < -0.39 is 17.5 Å². The molecular weight excluding hydrogens is 204 g/mol. The lowest BCUT2D eigenvalue weighted by atomic mass is 10.0. The summed E-state index contributed by atoms with van der Waals surface area (Å²) in [7, 11) is 0. The number of nitrogens with zero attached hydrogens (tertiary/aromatic N) is 1. The van der Waals surface area contributed by atoms with Crippen molar-refractivity contribution in [2.24, 2.45) is 5.73 Å². The van der Waals surface area contributed by atoms with Gasteiger partial charge in [0.25, 0.3) is 12.0 Å². The summed E-state index contributed by atoms with van der Waals surface area (Å²) in [6.45, 7) is -0.270. The van der Waals surface area contributed by atoms with Crippen LogP contribution in [0.25, 0.3) is 0 Å². The van der Waals surface area contributed by atoms with Gasteiger partial charge < -0.3 is 10.7 Å². The van der Waals surface area contributed by atoms with E-state index in [1.807, 2.05) is 0 Å². The molecule has 1 aromatic heterocycles. The van der Waals surface area contributed by atoms with Crippen LogP contribution in [0.15, 0.2) is 11.0 Å². The highest BCUT2D eigenvalue weighted by Crippen LogP contribution is 2.24. The minimum Gasteiger partial charge on any atom is -0.328 e. The number of hydrogen-bond acceptors (Lipinski definition) is 3. The van der Waals surface area contributed by atoms with Crippen molar-refractivity contribution in [2.75, 3.05) is 0 Å². The molecule has 0 radical (unpaired) electrons. The lowest BCUT2D eigenvalue weighted by Crippen LogP contribution is -2.20. The normalized spacial score (nSPS) is 10.3. The lowest BCUT2D eigenvalue weighted by molar-refractivity contribution is 0.149. The third-order valence-electron chi connectivity index (χ3n) is 2.01. The van der Waals surface area contributed by atoms with Crippen molar-refractivity contribution < 1.29 is 8.78 Å². The molecule has 0 aliphatic carbocycles. The minimum atomic E-state index is -2.80. The number of nitrogens with one attached hydrogen (secondary N) is 1. The Morgan fingerprint density at radius 3 is 2.73 bits per heavy atom. The lowest BCUT2D eigenvalue weighted by Gasteiger charge is -2.09. The van der Waals surface area contributed by atoms with Gasteiger partial charge in [0, 0.05) is 23.9 Å². The van der Waals surface area contributed by atoms with Gasteiger partial charge in [0.05, 0.1) is 12.5 Å². The molecule has 0 aliphatic rings. The van der Waals surface area contributed by atoms with Crippen molar-refractivity contribution in [3.05, 3.63) is 33.2 Å². The zero-order valence-corrected chi connectivity index (χ0v) is 7.76. The van der Waals surface area contributed by atoms with Gasteiger partial charge in [0.1, 0.15) is 0 Å². The Kier molecular flexibility index (Phi) is 3.52. The zero-order chi connectivity index (χ0) is 11.4. The third-order valence-corrected chi connectivity index (χ3v) is 2.01. The highest BCUT2D eigenvalue weighted by molar-refractivity contribution is 5.34. The van der Waals surface area contributed by atoms with Crippen LogP contribution in [0.4, 0.5) is 8.78 Å². The largest absolute Gasteiger partial charge is 0.328 e. The van der Waals surface area contributed by atoms with Gasteiger partial charge in [-0.2, -0.15) is 5.26 Å². The second kappa shape index (κ2) is 4.66. The smallest absolute Gasteiger partial charge is 0.264 e. The highest BCUT2D eigenvalue weighted by atomic mass is 19.3. The van der Waals surface area contributed by atoms with Crippen LogP contribution in [0.5, 0.6) is 0 Å². The topological polar surface area (TPSA) is 82.7 Å². The number of aromatic nitrogens is 1. The van der Waals surface area contributed by atoms with Crippen LogP contribution >= 0.6 is 0 Å². The third kappa shape index (κ3) is 2.19. The van der Waals surface area contributed by atoms with E-state index in [9.17, 15) is 13.6 Å². The second-order valence-electron chi connectivity index (χ2n) is 2.87. The molecule has 0 saturated heterocycles. The number of halogens is 2. The summed E-state index contributed by atoms with van der Waals surface area (Å²) in [4.78, 5) is 13.5. The quantitative estimate of drug-likeness (QED) is 0.780. The predicted octanol–water partition coefficient (Wildman–Crippen LogP) is 0.837. The summed E-state index contributed by atoms with van der Waals surface area (Å²) in [5.74, 6) is 0. The molecule has 0 aromatic carbocycles. The predicted molar refractivity (Wildman–Crippen MR) is 49.2 cm³/mol. The van der Waals surface area contributed by atoms with E-state index in [0.717, 1.165) is 6.20 Å². The molecule has 15 heavy (non-hydrogen) atoms. The van der Waals surface area contributed by atoms with Crippen LogP contribution < -0.4 is 11.3 Å². The average Bonchev–Trinajstić information content (AvgIpc) is 2.20. The van der Waals surface area contributed by atoms with Gasteiger partial charge in [-0.15, -0.1) is 0 Å². The van der Waals surface area contributed by atoms with E-state index in [-0.39, 0.29) is 24.1 Å². The minimum absolute atomic E-state index is 0.118. The number of alkyl halides is 2. The molecule has 1 heterocycles. The number of pyridine rings is 1. The molecule has 0 atom stereocenters. The molecule has 4 nitrogen and oxygen atoms in total. The maximum absolute atomic E-state index is 12.7. The van der Waals surface area contributed by atoms with Gasteiger partial charge in [-0.3, -0.25) is 4.79 Å². The molecule has 0 amide bonds. The number of H-pyrrole nitrogens is 1. The Morgan fingerprint density at radius 1 is 1.60 bits per heavy atom. The van der Waals surface area contributed by atoms with E-state index >= 15 is 0 Å². The molecule has 80 valence electrons. The summed E-state index contributed by atoms with van der Waals surface area (Å²) >= 11 is 0. The van der Waals surface area contributed by atoms with Crippen molar-refractivity contribution in [1.29, 1.82) is 5.26 Å². The standard InChI is InChI=1S/C9H9F2N3O/c10-8(11)7-5(1-2-12)4-14-9(15)6(7)3-13/h4,8H,1,3,13H2,(H,14,15). The fraction of sp³-hybridized carbons (Fsp3) is 0.333. The Bertz CT molecular complexity index is 448. The number of nitrogens with two attached hydrogens (primary N) is 1. The molecule has 0 fully saturated rings. The fourth-order valence-corrected chi connectivity index (χ4v) is 1.34. The molecule has 1 aromatic rings.